The molecule has 4 saturated carbocycles. The number of hydrogen-bond donors (Lipinski definition) is 3. The summed E-state index contributed by atoms with van der Waals surface area (Å²) in [6.45, 7) is 5.31. The highest BCUT2D eigenvalue weighted by Crippen LogP contribution is 2.66. The molecule has 4 aliphatic rings. The van der Waals surface area contributed by atoms with Gasteiger partial charge in [0.25, 0.3) is 0 Å². The molecule has 3 N–H and O–H groups in total. The maximum atomic E-state index is 9.58. The molecule has 3 unspecified atom stereocenters. The zero-order valence-corrected chi connectivity index (χ0v) is 11.7. The molecule has 3 atom stereocenters. The first-order chi connectivity index (χ1) is 8.36. The summed E-state index contributed by atoms with van der Waals surface area (Å²) < 4.78 is 0. The van der Waals surface area contributed by atoms with E-state index in [1.807, 2.05) is 0 Å². The van der Waals surface area contributed by atoms with Crippen molar-refractivity contribution in [1.29, 1.82) is 0 Å². The van der Waals surface area contributed by atoms with Crippen LogP contribution in [-0.4, -0.2) is 35.0 Å². The summed E-state index contributed by atoms with van der Waals surface area (Å²) in [6.07, 6.45) is 7.34. The summed E-state index contributed by atoms with van der Waals surface area (Å²) in [6, 6.07) is 0. The molecule has 4 fully saturated rings. The smallest absolute Gasteiger partial charge is 0.0895 e. The molecular formula is C15H27NO2. The van der Waals surface area contributed by atoms with Gasteiger partial charge in [-0.25, -0.2) is 0 Å². The molecule has 0 aromatic heterocycles. The second kappa shape index (κ2) is 3.94. The van der Waals surface area contributed by atoms with E-state index in [-0.39, 0.29) is 12.1 Å². The highest BCUT2D eigenvalue weighted by Gasteiger charge is 2.59. The molecule has 18 heavy (non-hydrogen) atoms. The molecule has 0 aliphatic heterocycles. The highest BCUT2D eigenvalue weighted by atomic mass is 16.3. The van der Waals surface area contributed by atoms with Crippen molar-refractivity contribution in [3.63, 3.8) is 0 Å². The van der Waals surface area contributed by atoms with Crippen LogP contribution >= 0.6 is 0 Å². The molecule has 0 radical (unpaired) electrons. The van der Waals surface area contributed by atoms with Crippen LogP contribution in [0.1, 0.15) is 52.4 Å². The summed E-state index contributed by atoms with van der Waals surface area (Å²) in [4.78, 5) is 0. The zero-order valence-electron chi connectivity index (χ0n) is 11.7. The standard InChI is InChI=1S/C15H27NO2/c1-13-3-11-4-14(2,8-13)10-15(5-11,9-13)16-6-12(18)7-17/h11-12,16-18H,3-10H2,1-2H3. The Bertz CT molecular complexity index is 325. The molecule has 4 aliphatic carbocycles. The zero-order chi connectivity index (χ0) is 13.0. The summed E-state index contributed by atoms with van der Waals surface area (Å²) in [5, 5.41) is 22.2. The number of β-amino-alcohol motifs (C(OH)–C–C–N with tert-alkyl or cyclic N) is 1. The topological polar surface area (TPSA) is 52.5 Å². The third-order valence-corrected chi connectivity index (χ3v) is 5.55. The van der Waals surface area contributed by atoms with Crippen molar-refractivity contribution >= 4 is 0 Å². The van der Waals surface area contributed by atoms with Gasteiger partial charge in [0, 0.05) is 12.1 Å². The Morgan fingerprint density at radius 1 is 1.11 bits per heavy atom. The van der Waals surface area contributed by atoms with Crippen molar-refractivity contribution in [2.75, 3.05) is 13.2 Å². The second-order valence-electron chi connectivity index (χ2n) is 8.13. The second-order valence-corrected chi connectivity index (χ2v) is 8.13. The van der Waals surface area contributed by atoms with Gasteiger partial charge in [-0.1, -0.05) is 13.8 Å². The van der Waals surface area contributed by atoms with Crippen molar-refractivity contribution in [2.24, 2.45) is 16.7 Å². The number of hydrogen-bond acceptors (Lipinski definition) is 3. The van der Waals surface area contributed by atoms with Crippen LogP contribution in [0.25, 0.3) is 0 Å². The lowest BCUT2D eigenvalue weighted by molar-refractivity contribution is -0.120. The first-order valence-electron chi connectivity index (χ1n) is 7.40. The van der Waals surface area contributed by atoms with E-state index in [1.165, 1.54) is 38.5 Å². The summed E-state index contributed by atoms with van der Waals surface area (Å²) in [5.74, 6) is 0.870. The van der Waals surface area contributed by atoms with Crippen LogP contribution < -0.4 is 5.32 Å². The Kier molecular flexibility index (Phi) is 2.82. The molecule has 0 spiro atoms. The van der Waals surface area contributed by atoms with Gasteiger partial charge in [-0.2, -0.15) is 0 Å². The van der Waals surface area contributed by atoms with E-state index < -0.39 is 6.10 Å². The van der Waals surface area contributed by atoms with Crippen LogP contribution in [0.3, 0.4) is 0 Å². The molecule has 0 heterocycles. The SMILES string of the molecule is CC12CC3CC(C)(C1)CC(NCC(O)CO)(C3)C2. The van der Waals surface area contributed by atoms with E-state index in [0.29, 0.717) is 17.4 Å². The lowest BCUT2D eigenvalue weighted by atomic mass is 9.43. The third-order valence-electron chi connectivity index (χ3n) is 5.55. The van der Waals surface area contributed by atoms with E-state index in [1.54, 1.807) is 0 Å². The van der Waals surface area contributed by atoms with Gasteiger partial charge >= 0.3 is 0 Å². The van der Waals surface area contributed by atoms with Crippen molar-refractivity contribution < 1.29 is 10.2 Å². The Balaban J connectivity index is 1.76. The molecular weight excluding hydrogens is 226 g/mol. The van der Waals surface area contributed by atoms with Gasteiger partial charge in [-0.15, -0.1) is 0 Å². The van der Waals surface area contributed by atoms with Gasteiger partial charge in [0.2, 0.25) is 0 Å². The Morgan fingerprint density at radius 2 is 1.72 bits per heavy atom. The Hall–Kier alpha value is -0.120. The fourth-order valence-corrected chi connectivity index (χ4v) is 6.04. The molecule has 4 bridgehead atoms. The largest absolute Gasteiger partial charge is 0.394 e. The Morgan fingerprint density at radius 3 is 2.22 bits per heavy atom. The minimum absolute atomic E-state index is 0.138. The quantitative estimate of drug-likeness (QED) is 0.714. The first-order valence-corrected chi connectivity index (χ1v) is 7.40. The average molecular weight is 253 g/mol. The normalized spacial score (nSPS) is 51.7. The maximum Gasteiger partial charge on any atom is 0.0895 e. The number of aliphatic hydroxyl groups is 2. The first kappa shape index (κ1) is 12.9. The van der Waals surface area contributed by atoms with Gasteiger partial charge < -0.3 is 15.5 Å². The van der Waals surface area contributed by atoms with E-state index in [4.69, 9.17) is 5.11 Å². The van der Waals surface area contributed by atoms with Gasteiger partial charge in [-0.3, -0.25) is 0 Å². The van der Waals surface area contributed by atoms with Crippen LogP contribution in [0.4, 0.5) is 0 Å². The third kappa shape index (κ3) is 2.10. The van der Waals surface area contributed by atoms with Crippen molar-refractivity contribution in [3.8, 4) is 0 Å². The van der Waals surface area contributed by atoms with Crippen molar-refractivity contribution in [1.82, 2.24) is 5.32 Å². The van der Waals surface area contributed by atoms with Crippen LogP contribution in [0, 0.1) is 16.7 Å². The molecule has 4 rings (SSSR count). The molecule has 0 aromatic carbocycles. The number of rotatable bonds is 4. The monoisotopic (exact) mass is 253 g/mol. The van der Waals surface area contributed by atoms with E-state index in [2.05, 4.69) is 19.2 Å². The van der Waals surface area contributed by atoms with Gasteiger partial charge in [0.05, 0.1) is 12.7 Å². The predicted octanol–water partition coefficient (Wildman–Crippen LogP) is 1.68. The minimum atomic E-state index is -0.612. The van der Waals surface area contributed by atoms with E-state index in [9.17, 15) is 5.11 Å². The summed E-state index contributed by atoms with van der Waals surface area (Å²) >= 11 is 0. The average Bonchev–Trinajstić information content (AvgIpc) is 2.21. The predicted molar refractivity (Wildman–Crippen MR) is 71.2 cm³/mol. The molecule has 0 aromatic rings. The van der Waals surface area contributed by atoms with Gasteiger partial charge in [0.1, 0.15) is 0 Å². The maximum absolute atomic E-state index is 9.58. The van der Waals surface area contributed by atoms with Gasteiger partial charge in [-0.05, 0) is 55.3 Å². The van der Waals surface area contributed by atoms with Crippen LogP contribution in [-0.2, 0) is 0 Å². The number of nitrogens with one attached hydrogen (secondary N) is 1. The minimum Gasteiger partial charge on any atom is -0.394 e. The van der Waals surface area contributed by atoms with E-state index in [0.717, 1.165) is 5.92 Å². The lowest BCUT2D eigenvalue weighted by Gasteiger charge is -2.65. The summed E-state index contributed by atoms with van der Waals surface area (Å²) in [7, 11) is 0. The Labute approximate surface area is 110 Å². The van der Waals surface area contributed by atoms with Crippen LogP contribution in [0.5, 0.6) is 0 Å². The number of aliphatic hydroxyl groups excluding tert-OH is 2. The van der Waals surface area contributed by atoms with Crippen LogP contribution in [0.2, 0.25) is 0 Å². The fourth-order valence-electron chi connectivity index (χ4n) is 6.04. The molecule has 0 saturated heterocycles. The van der Waals surface area contributed by atoms with Crippen molar-refractivity contribution in [3.05, 3.63) is 0 Å². The summed E-state index contributed by atoms with van der Waals surface area (Å²) in [5.41, 5.74) is 1.25. The molecule has 3 heteroatoms. The van der Waals surface area contributed by atoms with Crippen LogP contribution in [0.15, 0.2) is 0 Å². The molecule has 104 valence electrons. The highest BCUT2D eigenvalue weighted by molar-refractivity contribution is 5.14. The van der Waals surface area contributed by atoms with E-state index >= 15 is 0 Å². The molecule has 3 nitrogen and oxygen atoms in total. The molecule has 0 amide bonds. The van der Waals surface area contributed by atoms with Gasteiger partial charge in [0.15, 0.2) is 0 Å². The fraction of sp³-hybridized carbons (Fsp3) is 1.00. The van der Waals surface area contributed by atoms with Crippen molar-refractivity contribution in [2.45, 2.75) is 64.0 Å². The lowest BCUT2D eigenvalue weighted by Crippen LogP contribution is -2.65.